The SMILES string of the molecule is N#Cc1cn(N)c2ccccc12. The van der Waals surface area contributed by atoms with Crippen molar-refractivity contribution in [1.82, 2.24) is 4.68 Å². The Bertz CT molecular complexity index is 462. The summed E-state index contributed by atoms with van der Waals surface area (Å²) in [5, 5.41) is 9.64. The molecule has 3 heteroatoms. The molecule has 2 N–H and O–H groups in total. The molecule has 0 radical (unpaired) electrons. The zero-order chi connectivity index (χ0) is 8.55. The number of nitrogens with two attached hydrogens (primary N) is 1. The van der Waals surface area contributed by atoms with Crippen LogP contribution in [0.2, 0.25) is 0 Å². The van der Waals surface area contributed by atoms with Gasteiger partial charge in [-0.15, -0.1) is 0 Å². The van der Waals surface area contributed by atoms with E-state index in [0.29, 0.717) is 5.56 Å². The lowest BCUT2D eigenvalue weighted by Gasteiger charge is -1.92. The molecule has 0 aliphatic rings. The first-order chi connectivity index (χ1) is 5.83. The van der Waals surface area contributed by atoms with Crippen molar-refractivity contribution in [3.05, 3.63) is 36.0 Å². The fourth-order valence-corrected chi connectivity index (χ4v) is 1.29. The molecule has 1 aromatic carbocycles. The Labute approximate surface area is 69.6 Å². The van der Waals surface area contributed by atoms with Crippen molar-refractivity contribution in [2.75, 3.05) is 5.84 Å². The number of hydrogen-bond acceptors (Lipinski definition) is 2. The van der Waals surface area contributed by atoms with Gasteiger partial charge in [0.1, 0.15) is 6.07 Å². The van der Waals surface area contributed by atoms with Crippen LogP contribution in [0, 0.1) is 11.3 Å². The largest absolute Gasteiger partial charge is 0.339 e. The second-order valence-corrected chi connectivity index (χ2v) is 2.58. The summed E-state index contributed by atoms with van der Waals surface area (Å²) in [5.41, 5.74) is 1.50. The fourth-order valence-electron chi connectivity index (χ4n) is 1.29. The lowest BCUT2D eigenvalue weighted by atomic mass is 10.2. The number of nitrogen functional groups attached to an aromatic ring is 1. The predicted octanol–water partition coefficient (Wildman–Crippen LogP) is 1.23. The molecule has 0 spiro atoms. The Morgan fingerprint density at radius 1 is 1.33 bits per heavy atom. The van der Waals surface area contributed by atoms with Gasteiger partial charge in [-0.1, -0.05) is 18.2 Å². The summed E-state index contributed by atoms with van der Waals surface area (Å²) in [5.74, 6) is 5.62. The van der Waals surface area contributed by atoms with Crippen molar-refractivity contribution in [2.45, 2.75) is 0 Å². The normalized spacial score (nSPS) is 9.92. The van der Waals surface area contributed by atoms with Crippen LogP contribution in [0.4, 0.5) is 0 Å². The minimum absolute atomic E-state index is 0.619. The van der Waals surface area contributed by atoms with E-state index in [1.165, 1.54) is 4.68 Å². The van der Waals surface area contributed by atoms with Gasteiger partial charge in [-0.3, -0.25) is 4.68 Å². The van der Waals surface area contributed by atoms with Crippen LogP contribution in [-0.2, 0) is 0 Å². The number of rotatable bonds is 0. The van der Waals surface area contributed by atoms with Gasteiger partial charge in [0.15, 0.2) is 0 Å². The molecule has 2 rings (SSSR count). The second-order valence-electron chi connectivity index (χ2n) is 2.58. The predicted molar refractivity (Wildman–Crippen MR) is 46.8 cm³/mol. The molecule has 0 amide bonds. The fraction of sp³-hybridized carbons (Fsp3) is 0. The summed E-state index contributed by atoms with van der Waals surface area (Å²) in [6.45, 7) is 0. The average Bonchev–Trinajstić information content (AvgIpc) is 2.44. The van der Waals surface area contributed by atoms with Gasteiger partial charge in [0.25, 0.3) is 0 Å². The van der Waals surface area contributed by atoms with Crippen LogP contribution in [0.5, 0.6) is 0 Å². The van der Waals surface area contributed by atoms with E-state index in [1.54, 1.807) is 6.20 Å². The van der Waals surface area contributed by atoms with Crippen LogP contribution in [0.1, 0.15) is 5.56 Å². The summed E-state index contributed by atoms with van der Waals surface area (Å²) in [6, 6.07) is 9.65. The molecular formula is C9H7N3. The van der Waals surface area contributed by atoms with E-state index in [0.717, 1.165) is 10.9 Å². The van der Waals surface area contributed by atoms with Gasteiger partial charge in [0.05, 0.1) is 11.1 Å². The lowest BCUT2D eigenvalue weighted by molar-refractivity contribution is 1.06. The first-order valence-electron chi connectivity index (χ1n) is 3.58. The number of fused-ring (bicyclic) bond motifs is 1. The molecule has 0 bridgehead atoms. The third kappa shape index (κ3) is 0.753. The Hall–Kier alpha value is -1.95. The Morgan fingerprint density at radius 2 is 2.08 bits per heavy atom. The van der Waals surface area contributed by atoms with E-state index >= 15 is 0 Å². The zero-order valence-corrected chi connectivity index (χ0v) is 6.36. The smallest absolute Gasteiger partial charge is 0.101 e. The van der Waals surface area contributed by atoms with Crippen LogP contribution >= 0.6 is 0 Å². The zero-order valence-electron chi connectivity index (χ0n) is 6.36. The van der Waals surface area contributed by atoms with Crippen LogP contribution in [0.25, 0.3) is 10.9 Å². The molecule has 3 nitrogen and oxygen atoms in total. The standard InChI is InChI=1S/C9H7N3/c10-5-7-6-12(11)9-4-2-1-3-8(7)9/h1-4,6H,11H2. The van der Waals surface area contributed by atoms with E-state index in [4.69, 9.17) is 11.1 Å². The molecule has 12 heavy (non-hydrogen) atoms. The first kappa shape index (κ1) is 6.74. The number of nitriles is 1. The second kappa shape index (κ2) is 2.28. The molecule has 0 fully saturated rings. The highest BCUT2D eigenvalue weighted by atomic mass is 15.3. The summed E-state index contributed by atoms with van der Waals surface area (Å²) in [6.07, 6.45) is 1.63. The van der Waals surface area contributed by atoms with Crippen LogP contribution in [0.15, 0.2) is 30.5 Å². The van der Waals surface area contributed by atoms with Crippen molar-refractivity contribution in [1.29, 1.82) is 5.26 Å². The van der Waals surface area contributed by atoms with Crippen molar-refractivity contribution >= 4 is 10.9 Å². The summed E-state index contributed by atoms with van der Waals surface area (Å²) in [7, 11) is 0. The molecule has 0 aliphatic carbocycles. The number of para-hydroxylation sites is 1. The highest BCUT2D eigenvalue weighted by Gasteiger charge is 2.03. The quantitative estimate of drug-likeness (QED) is 0.584. The molecule has 58 valence electrons. The Balaban J connectivity index is 2.94. The van der Waals surface area contributed by atoms with Gasteiger partial charge in [-0.2, -0.15) is 5.26 Å². The minimum Gasteiger partial charge on any atom is -0.339 e. The van der Waals surface area contributed by atoms with Gasteiger partial charge in [0.2, 0.25) is 0 Å². The highest BCUT2D eigenvalue weighted by Crippen LogP contribution is 2.17. The van der Waals surface area contributed by atoms with Crippen LogP contribution in [-0.4, -0.2) is 4.68 Å². The third-order valence-electron chi connectivity index (χ3n) is 1.86. The first-order valence-corrected chi connectivity index (χ1v) is 3.58. The number of aromatic nitrogens is 1. The van der Waals surface area contributed by atoms with Gasteiger partial charge in [-0.25, -0.2) is 0 Å². The molecular weight excluding hydrogens is 150 g/mol. The van der Waals surface area contributed by atoms with Gasteiger partial charge in [-0.05, 0) is 6.07 Å². The Kier molecular flexibility index (Phi) is 1.28. The maximum atomic E-state index is 8.73. The van der Waals surface area contributed by atoms with Crippen LogP contribution < -0.4 is 5.84 Å². The van der Waals surface area contributed by atoms with Gasteiger partial charge >= 0.3 is 0 Å². The molecule has 0 aliphatic heterocycles. The molecule has 0 saturated carbocycles. The molecule has 0 unspecified atom stereocenters. The maximum absolute atomic E-state index is 8.73. The molecule has 2 aromatic rings. The van der Waals surface area contributed by atoms with Crippen molar-refractivity contribution in [3.63, 3.8) is 0 Å². The highest BCUT2D eigenvalue weighted by molar-refractivity contribution is 5.86. The summed E-state index contributed by atoms with van der Waals surface area (Å²) >= 11 is 0. The molecule has 0 saturated heterocycles. The maximum Gasteiger partial charge on any atom is 0.101 e. The summed E-state index contributed by atoms with van der Waals surface area (Å²) < 4.78 is 1.47. The van der Waals surface area contributed by atoms with Crippen molar-refractivity contribution in [3.8, 4) is 6.07 Å². The molecule has 1 heterocycles. The number of hydrogen-bond donors (Lipinski definition) is 1. The van der Waals surface area contributed by atoms with E-state index in [9.17, 15) is 0 Å². The summed E-state index contributed by atoms with van der Waals surface area (Å²) in [4.78, 5) is 0. The number of nitrogens with zero attached hydrogens (tertiary/aromatic N) is 2. The van der Waals surface area contributed by atoms with Gasteiger partial charge in [0, 0.05) is 11.6 Å². The van der Waals surface area contributed by atoms with E-state index in [-0.39, 0.29) is 0 Å². The Morgan fingerprint density at radius 3 is 2.83 bits per heavy atom. The lowest BCUT2D eigenvalue weighted by Crippen LogP contribution is -2.04. The minimum atomic E-state index is 0.619. The monoisotopic (exact) mass is 157 g/mol. The van der Waals surface area contributed by atoms with Crippen molar-refractivity contribution in [2.24, 2.45) is 0 Å². The van der Waals surface area contributed by atoms with E-state index < -0.39 is 0 Å². The third-order valence-corrected chi connectivity index (χ3v) is 1.86. The van der Waals surface area contributed by atoms with Gasteiger partial charge < -0.3 is 5.84 Å². The van der Waals surface area contributed by atoms with E-state index in [1.807, 2.05) is 24.3 Å². The average molecular weight is 157 g/mol. The topological polar surface area (TPSA) is 54.7 Å². The van der Waals surface area contributed by atoms with Crippen LogP contribution in [0.3, 0.4) is 0 Å². The molecule has 0 atom stereocenters. The molecule has 1 aromatic heterocycles. The number of benzene rings is 1. The van der Waals surface area contributed by atoms with Crippen molar-refractivity contribution < 1.29 is 0 Å². The van der Waals surface area contributed by atoms with E-state index in [2.05, 4.69) is 6.07 Å².